The Labute approximate surface area is 123 Å². The van der Waals surface area contributed by atoms with Gasteiger partial charge in [-0.25, -0.2) is 8.78 Å². The molecule has 1 aliphatic rings. The molecule has 0 amide bonds. The number of halogens is 2. The standard InChI is InChI=1S/C16H24F2.C2H6/c1-8-12-13(9-11(2)3)15(6,7)16(17,18)10-14(12,4)5;1-2/h8-9H,2,10H2,1,3-7H3;1-2H3/b12-8+,13-9+;. The van der Waals surface area contributed by atoms with Crippen LogP contribution in [-0.4, -0.2) is 5.92 Å². The molecule has 0 atom stereocenters. The zero-order valence-corrected chi connectivity index (χ0v) is 14.3. The molecule has 1 fully saturated rings. The normalized spacial score (nSPS) is 26.9. The highest BCUT2D eigenvalue weighted by atomic mass is 19.3. The van der Waals surface area contributed by atoms with Gasteiger partial charge in [0.1, 0.15) is 0 Å². The van der Waals surface area contributed by atoms with Crippen LogP contribution in [0.3, 0.4) is 0 Å². The molecule has 20 heavy (non-hydrogen) atoms. The topological polar surface area (TPSA) is 0 Å². The minimum Gasteiger partial charge on any atom is -0.206 e. The molecule has 0 N–H and O–H groups in total. The average molecular weight is 284 g/mol. The summed E-state index contributed by atoms with van der Waals surface area (Å²) in [5.74, 6) is -2.70. The van der Waals surface area contributed by atoms with Crippen LogP contribution in [0.25, 0.3) is 0 Å². The SMILES string of the molecule is C=C(C)/C=C1\C(=C/C)C(C)(C)CC(F)(F)C1(C)C.CC. The van der Waals surface area contributed by atoms with Gasteiger partial charge in [-0.15, -0.1) is 0 Å². The number of allylic oxidation sites excluding steroid dienone is 5. The van der Waals surface area contributed by atoms with Gasteiger partial charge in [-0.2, -0.15) is 0 Å². The summed E-state index contributed by atoms with van der Waals surface area (Å²) in [5, 5.41) is 0. The second-order valence-electron chi connectivity index (χ2n) is 6.50. The van der Waals surface area contributed by atoms with Gasteiger partial charge in [0.2, 0.25) is 0 Å². The van der Waals surface area contributed by atoms with Crippen LogP contribution in [0.4, 0.5) is 8.78 Å². The second-order valence-corrected chi connectivity index (χ2v) is 6.50. The van der Waals surface area contributed by atoms with E-state index in [4.69, 9.17) is 0 Å². The Kier molecular flexibility index (Phi) is 5.95. The molecule has 0 aliphatic heterocycles. The van der Waals surface area contributed by atoms with Crippen LogP contribution in [0.5, 0.6) is 0 Å². The molecule has 0 radical (unpaired) electrons. The van der Waals surface area contributed by atoms with Crippen molar-refractivity contribution in [2.75, 3.05) is 0 Å². The highest BCUT2D eigenvalue weighted by Crippen LogP contribution is 2.59. The lowest BCUT2D eigenvalue weighted by atomic mass is 9.58. The maximum absolute atomic E-state index is 14.4. The lowest BCUT2D eigenvalue weighted by Crippen LogP contribution is -2.48. The zero-order valence-electron chi connectivity index (χ0n) is 14.3. The van der Waals surface area contributed by atoms with Crippen molar-refractivity contribution in [1.29, 1.82) is 0 Å². The summed E-state index contributed by atoms with van der Waals surface area (Å²) in [6.45, 7) is 18.6. The molecule has 0 aromatic carbocycles. The zero-order chi connectivity index (χ0) is 16.4. The van der Waals surface area contributed by atoms with Gasteiger partial charge >= 0.3 is 0 Å². The summed E-state index contributed by atoms with van der Waals surface area (Å²) >= 11 is 0. The van der Waals surface area contributed by atoms with E-state index in [-0.39, 0.29) is 6.42 Å². The summed E-state index contributed by atoms with van der Waals surface area (Å²) in [4.78, 5) is 0. The molecule has 0 saturated heterocycles. The fraction of sp³-hybridized carbons (Fsp3) is 0.667. The lowest BCUT2D eigenvalue weighted by molar-refractivity contribution is -0.123. The van der Waals surface area contributed by atoms with Crippen molar-refractivity contribution in [1.82, 2.24) is 0 Å². The molecule has 0 unspecified atom stereocenters. The summed E-state index contributed by atoms with van der Waals surface area (Å²) in [6.07, 6.45) is 3.66. The summed E-state index contributed by atoms with van der Waals surface area (Å²) < 4.78 is 28.8. The van der Waals surface area contributed by atoms with Crippen molar-refractivity contribution in [3.8, 4) is 0 Å². The molecular weight excluding hydrogens is 254 g/mol. The number of rotatable bonds is 1. The van der Waals surface area contributed by atoms with E-state index in [1.54, 1.807) is 13.8 Å². The smallest absolute Gasteiger partial charge is 0.206 e. The van der Waals surface area contributed by atoms with Crippen molar-refractivity contribution >= 4 is 0 Å². The highest BCUT2D eigenvalue weighted by Gasteiger charge is 2.57. The first-order chi connectivity index (χ1) is 8.95. The molecule has 0 nitrogen and oxygen atoms in total. The van der Waals surface area contributed by atoms with E-state index in [1.807, 2.05) is 53.7 Å². The Morgan fingerprint density at radius 1 is 1.10 bits per heavy atom. The molecule has 0 heterocycles. The van der Waals surface area contributed by atoms with Crippen LogP contribution in [0.1, 0.15) is 61.8 Å². The summed E-state index contributed by atoms with van der Waals surface area (Å²) in [5.41, 5.74) is 0.893. The van der Waals surface area contributed by atoms with Crippen LogP contribution in [0, 0.1) is 10.8 Å². The van der Waals surface area contributed by atoms with E-state index < -0.39 is 16.8 Å². The Morgan fingerprint density at radius 3 is 1.90 bits per heavy atom. The fourth-order valence-electron chi connectivity index (χ4n) is 2.82. The molecule has 0 bridgehead atoms. The maximum atomic E-state index is 14.4. The predicted octanol–water partition coefficient (Wildman–Crippen LogP) is 6.55. The Hall–Kier alpha value is -0.920. The molecule has 1 aliphatic carbocycles. The van der Waals surface area contributed by atoms with Gasteiger partial charge in [-0.1, -0.05) is 52.0 Å². The quantitative estimate of drug-likeness (QED) is 0.512. The van der Waals surface area contributed by atoms with Crippen molar-refractivity contribution < 1.29 is 8.78 Å². The second kappa shape index (κ2) is 6.24. The predicted molar refractivity (Wildman–Crippen MR) is 85.1 cm³/mol. The van der Waals surface area contributed by atoms with Gasteiger partial charge in [-0.3, -0.25) is 0 Å². The first-order valence-electron chi connectivity index (χ1n) is 7.38. The van der Waals surface area contributed by atoms with E-state index in [0.29, 0.717) is 0 Å². The Balaban J connectivity index is 0.00000172. The van der Waals surface area contributed by atoms with Crippen molar-refractivity contribution in [2.24, 2.45) is 10.8 Å². The average Bonchev–Trinajstić information content (AvgIpc) is 2.27. The third-order valence-corrected chi connectivity index (χ3v) is 3.95. The van der Waals surface area contributed by atoms with Crippen molar-refractivity contribution in [3.05, 3.63) is 35.5 Å². The fourth-order valence-corrected chi connectivity index (χ4v) is 2.82. The van der Waals surface area contributed by atoms with E-state index in [2.05, 4.69) is 6.58 Å². The van der Waals surface area contributed by atoms with Gasteiger partial charge in [0.25, 0.3) is 5.92 Å². The van der Waals surface area contributed by atoms with Crippen molar-refractivity contribution in [2.45, 2.75) is 67.7 Å². The molecule has 0 aromatic rings. The first-order valence-corrected chi connectivity index (χ1v) is 7.38. The Bertz CT molecular complexity index is 421. The molecule has 0 spiro atoms. The number of hydrogen-bond acceptors (Lipinski definition) is 0. The van der Waals surface area contributed by atoms with E-state index in [1.165, 1.54) is 0 Å². The van der Waals surface area contributed by atoms with Gasteiger partial charge in [0.15, 0.2) is 0 Å². The Morgan fingerprint density at radius 2 is 1.55 bits per heavy atom. The monoisotopic (exact) mass is 284 g/mol. The largest absolute Gasteiger partial charge is 0.257 e. The van der Waals surface area contributed by atoms with Crippen LogP contribution in [0.2, 0.25) is 0 Å². The number of hydrogen-bond donors (Lipinski definition) is 0. The molecule has 116 valence electrons. The molecule has 2 heteroatoms. The molecule has 0 aromatic heterocycles. The first kappa shape index (κ1) is 19.1. The maximum Gasteiger partial charge on any atom is 0.257 e. The highest BCUT2D eigenvalue weighted by molar-refractivity contribution is 5.47. The molecule has 1 rings (SSSR count). The van der Waals surface area contributed by atoms with Crippen LogP contribution in [0.15, 0.2) is 35.5 Å². The minimum atomic E-state index is -2.70. The molecule has 1 saturated carbocycles. The van der Waals surface area contributed by atoms with Crippen LogP contribution in [-0.2, 0) is 0 Å². The van der Waals surface area contributed by atoms with Gasteiger partial charge in [-0.05, 0) is 44.3 Å². The lowest BCUT2D eigenvalue weighted by Gasteiger charge is -2.49. The molecular formula is C18H30F2. The minimum absolute atomic E-state index is 0.111. The van der Waals surface area contributed by atoms with Gasteiger partial charge in [0.05, 0.1) is 5.41 Å². The van der Waals surface area contributed by atoms with Gasteiger partial charge < -0.3 is 0 Å². The van der Waals surface area contributed by atoms with Crippen molar-refractivity contribution in [3.63, 3.8) is 0 Å². The number of alkyl halides is 2. The third kappa shape index (κ3) is 3.39. The van der Waals surface area contributed by atoms with E-state index in [9.17, 15) is 8.78 Å². The summed E-state index contributed by atoms with van der Waals surface area (Å²) in [6, 6.07) is 0. The third-order valence-electron chi connectivity index (χ3n) is 3.95. The summed E-state index contributed by atoms with van der Waals surface area (Å²) in [7, 11) is 0. The van der Waals surface area contributed by atoms with Crippen LogP contribution < -0.4 is 0 Å². The van der Waals surface area contributed by atoms with Gasteiger partial charge in [0, 0.05) is 6.42 Å². The van der Waals surface area contributed by atoms with E-state index >= 15 is 0 Å². The van der Waals surface area contributed by atoms with Crippen LogP contribution >= 0.6 is 0 Å². The van der Waals surface area contributed by atoms with E-state index in [0.717, 1.165) is 16.7 Å².